The van der Waals surface area contributed by atoms with Crippen LogP contribution in [-0.2, 0) is 0 Å². The SMILES string of the molecule is Cc1cc2cccnc2n(-c2cccc(F)c2)c1=O. The van der Waals surface area contributed by atoms with Crippen LogP contribution >= 0.6 is 0 Å². The van der Waals surface area contributed by atoms with E-state index >= 15 is 0 Å². The number of halogens is 1. The Balaban J connectivity index is 2.46. The highest BCUT2D eigenvalue weighted by molar-refractivity contribution is 5.77. The fourth-order valence-corrected chi connectivity index (χ4v) is 2.13. The zero-order valence-electron chi connectivity index (χ0n) is 10.3. The fourth-order valence-electron chi connectivity index (χ4n) is 2.13. The minimum absolute atomic E-state index is 0.184. The van der Waals surface area contributed by atoms with Crippen LogP contribution in [-0.4, -0.2) is 9.55 Å². The van der Waals surface area contributed by atoms with Crippen molar-refractivity contribution in [3.63, 3.8) is 0 Å². The molecule has 0 aliphatic heterocycles. The lowest BCUT2D eigenvalue weighted by atomic mass is 10.2. The molecular formula is C15H11FN2O. The Labute approximate surface area is 109 Å². The summed E-state index contributed by atoms with van der Waals surface area (Å²) in [6.45, 7) is 1.74. The van der Waals surface area contributed by atoms with E-state index in [-0.39, 0.29) is 11.4 Å². The molecule has 0 unspecified atom stereocenters. The van der Waals surface area contributed by atoms with Crippen molar-refractivity contribution in [3.05, 3.63) is 70.4 Å². The molecule has 4 heteroatoms. The molecule has 2 aromatic heterocycles. The molecule has 0 bridgehead atoms. The third kappa shape index (κ3) is 1.91. The molecule has 0 amide bonds. The topological polar surface area (TPSA) is 34.9 Å². The Kier molecular flexibility index (Phi) is 2.63. The second kappa shape index (κ2) is 4.31. The summed E-state index contributed by atoms with van der Waals surface area (Å²) in [4.78, 5) is 16.5. The van der Waals surface area contributed by atoms with E-state index in [1.807, 2.05) is 12.1 Å². The Hall–Kier alpha value is -2.49. The molecule has 19 heavy (non-hydrogen) atoms. The van der Waals surface area contributed by atoms with Crippen LogP contribution in [0, 0.1) is 12.7 Å². The molecule has 0 aliphatic carbocycles. The first kappa shape index (κ1) is 11.6. The molecule has 1 aromatic carbocycles. The van der Waals surface area contributed by atoms with Crippen molar-refractivity contribution >= 4 is 11.0 Å². The van der Waals surface area contributed by atoms with Gasteiger partial charge in [0.2, 0.25) is 0 Å². The van der Waals surface area contributed by atoms with E-state index in [4.69, 9.17) is 0 Å². The quantitative estimate of drug-likeness (QED) is 0.669. The number of pyridine rings is 2. The third-order valence-corrected chi connectivity index (χ3v) is 3.01. The van der Waals surface area contributed by atoms with E-state index in [9.17, 15) is 9.18 Å². The van der Waals surface area contributed by atoms with Crippen molar-refractivity contribution in [2.75, 3.05) is 0 Å². The van der Waals surface area contributed by atoms with E-state index in [0.29, 0.717) is 16.9 Å². The predicted octanol–water partition coefficient (Wildman–Crippen LogP) is 2.83. The van der Waals surface area contributed by atoms with Gasteiger partial charge < -0.3 is 0 Å². The van der Waals surface area contributed by atoms with Crippen molar-refractivity contribution < 1.29 is 4.39 Å². The maximum Gasteiger partial charge on any atom is 0.259 e. The van der Waals surface area contributed by atoms with E-state index in [1.165, 1.54) is 16.7 Å². The molecule has 0 saturated carbocycles. The molecule has 0 radical (unpaired) electrons. The summed E-state index contributed by atoms with van der Waals surface area (Å²) in [6.07, 6.45) is 1.62. The molecule has 94 valence electrons. The molecule has 2 heterocycles. The summed E-state index contributed by atoms with van der Waals surface area (Å²) in [5.41, 5.74) is 1.43. The molecule has 0 spiro atoms. The number of hydrogen-bond acceptors (Lipinski definition) is 2. The Morgan fingerprint density at radius 3 is 2.79 bits per heavy atom. The first-order chi connectivity index (χ1) is 9.16. The summed E-state index contributed by atoms with van der Waals surface area (Å²) in [5.74, 6) is -0.380. The second-order valence-electron chi connectivity index (χ2n) is 4.36. The second-order valence-corrected chi connectivity index (χ2v) is 4.36. The number of benzene rings is 1. The van der Waals surface area contributed by atoms with Gasteiger partial charge in [-0.05, 0) is 43.3 Å². The smallest absolute Gasteiger partial charge is 0.259 e. The van der Waals surface area contributed by atoms with Crippen molar-refractivity contribution in [2.24, 2.45) is 0 Å². The third-order valence-electron chi connectivity index (χ3n) is 3.01. The molecule has 0 N–H and O–H groups in total. The van der Waals surface area contributed by atoms with Gasteiger partial charge in [-0.15, -0.1) is 0 Å². The van der Waals surface area contributed by atoms with Gasteiger partial charge in [0.1, 0.15) is 11.5 Å². The van der Waals surface area contributed by atoms with E-state index in [2.05, 4.69) is 4.98 Å². The standard InChI is InChI=1S/C15H11FN2O/c1-10-8-11-4-3-7-17-14(11)18(15(10)19)13-6-2-5-12(16)9-13/h2-9H,1H3. The number of rotatable bonds is 1. The van der Waals surface area contributed by atoms with Gasteiger partial charge in [0.25, 0.3) is 5.56 Å². The summed E-state index contributed by atoms with van der Waals surface area (Å²) in [7, 11) is 0. The lowest BCUT2D eigenvalue weighted by Gasteiger charge is -2.10. The molecule has 3 nitrogen and oxygen atoms in total. The minimum Gasteiger partial charge on any atom is -0.269 e. The minimum atomic E-state index is -0.380. The van der Waals surface area contributed by atoms with Crippen molar-refractivity contribution in [3.8, 4) is 5.69 Å². The summed E-state index contributed by atoms with van der Waals surface area (Å²) in [5, 5.41) is 0.851. The fraction of sp³-hybridized carbons (Fsp3) is 0.0667. The highest BCUT2D eigenvalue weighted by atomic mass is 19.1. The zero-order chi connectivity index (χ0) is 13.4. The van der Waals surface area contributed by atoms with E-state index in [0.717, 1.165) is 5.39 Å². The Bertz CT molecular complexity index is 824. The number of hydrogen-bond donors (Lipinski definition) is 0. The normalized spacial score (nSPS) is 10.8. The predicted molar refractivity (Wildman–Crippen MR) is 72.0 cm³/mol. The van der Waals surface area contributed by atoms with Crippen LogP contribution in [0.4, 0.5) is 4.39 Å². The van der Waals surface area contributed by atoms with Gasteiger partial charge in [-0.25, -0.2) is 9.37 Å². The van der Waals surface area contributed by atoms with Gasteiger partial charge in [-0.1, -0.05) is 6.07 Å². The van der Waals surface area contributed by atoms with Crippen LogP contribution in [0.3, 0.4) is 0 Å². The van der Waals surface area contributed by atoms with Crippen molar-refractivity contribution in [1.82, 2.24) is 9.55 Å². The van der Waals surface area contributed by atoms with Gasteiger partial charge in [0.15, 0.2) is 0 Å². The zero-order valence-corrected chi connectivity index (χ0v) is 10.3. The molecule has 0 aliphatic rings. The van der Waals surface area contributed by atoms with Gasteiger partial charge in [-0.2, -0.15) is 0 Å². The van der Waals surface area contributed by atoms with E-state index < -0.39 is 0 Å². The maximum absolute atomic E-state index is 13.3. The van der Waals surface area contributed by atoms with Crippen molar-refractivity contribution in [2.45, 2.75) is 6.92 Å². The average molecular weight is 254 g/mol. The van der Waals surface area contributed by atoms with Gasteiger partial charge in [0, 0.05) is 17.1 Å². The first-order valence-corrected chi connectivity index (χ1v) is 5.90. The van der Waals surface area contributed by atoms with Gasteiger partial charge in [-0.3, -0.25) is 9.36 Å². The van der Waals surface area contributed by atoms with E-state index in [1.54, 1.807) is 31.3 Å². The first-order valence-electron chi connectivity index (χ1n) is 5.90. The van der Waals surface area contributed by atoms with Crippen LogP contribution in [0.5, 0.6) is 0 Å². The summed E-state index contributed by atoms with van der Waals surface area (Å²) >= 11 is 0. The number of fused-ring (bicyclic) bond motifs is 1. The molecule has 0 saturated heterocycles. The molecule has 0 fully saturated rings. The summed E-state index contributed by atoms with van der Waals surface area (Å²) < 4.78 is 14.8. The average Bonchev–Trinajstić information content (AvgIpc) is 2.40. The molecule has 0 atom stereocenters. The molecule has 3 aromatic rings. The van der Waals surface area contributed by atoms with Crippen LogP contribution < -0.4 is 5.56 Å². The largest absolute Gasteiger partial charge is 0.269 e. The molecule has 3 rings (SSSR count). The van der Waals surface area contributed by atoms with Crippen LogP contribution in [0.25, 0.3) is 16.7 Å². The van der Waals surface area contributed by atoms with Crippen LogP contribution in [0.2, 0.25) is 0 Å². The number of aromatic nitrogens is 2. The monoisotopic (exact) mass is 254 g/mol. The van der Waals surface area contributed by atoms with Crippen LogP contribution in [0.1, 0.15) is 5.56 Å². The Morgan fingerprint density at radius 2 is 2.00 bits per heavy atom. The number of nitrogens with zero attached hydrogens (tertiary/aromatic N) is 2. The maximum atomic E-state index is 13.3. The Morgan fingerprint density at radius 1 is 1.16 bits per heavy atom. The number of aryl methyl sites for hydroxylation is 1. The van der Waals surface area contributed by atoms with Gasteiger partial charge >= 0.3 is 0 Å². The van der Waals surface area contributed by atoms with Gasteiger partial charge in [0.05, 0.1) is 5.69 Å². The van der Waals surface area contributed by atoms with Crippen molar-refractivity contribution in [1.29, 1.82) is 0 Å². The lowest BCUT2D eigenvalue weighted by molar-refractivity contribution is 0.626. The highest BCUT2D eigenvalue weighted by Crippen LogP contribution is 2.16. The molecular weight excluding hydrogens is 243 g/mol. The summed E-state index contributed by atoms with van der Waals surface area (Å²) in [6, 6.07) is 11.4. The van der Waals surface area contributed by atoms with Crippen LogP contribution in [0.15, 0.2) is 53.5 Å². The highest BCUT2D eigenvalue weighted by Gasteiger charge is 2.09. The lowest BCUT2D eigenvalue weighted by Crippen LogP contribution is -2.21.